The van der Waals surface area contributed by atoms with Crippen molar-refractivity contribution >= 4 is 21.8 Å². The first kappa shape index (κ1) is 22.6. The number of rotatable bonds is 7. The first-order valence-corrected chi connectivity index (χ1v) is 12.5. The average Bonchev–Trinajstić information content (AvgIpc) is 3.40. The molecule has 2 unspecified atom stereocenters. The fourth-order valence-electron chi connectivity index (χ4n) is 4.41. The van der Waals surface area contributed by atoms with Crippen LogP contribution in [0.3, 0.4) is 0 Å². The highest BCUT2D eigenvalue weighted by atomic mass is 32.2. The van der Waals surface area contributed by atoms with Gasteiger partial charge in [-0.15, -0.1) is 0 Å². The summed E-state index contributed by atoms with van der Waals surface area (Å²) >= 11 is 0. The molecule has 1 amide bonds. The van der Waals surface area contributed by atoms with Gasteiger partial charge < -0.3 is 14.2 Å². The molecule has 1 aromatic heterocycles. The highest BCUT2D eigenvalue weighted by Gasteiger charge is 2.35. The van der Waals surface area contributed by atoms with E-state index in [2.05, 4.69) is 4.57 Å². The van der Waals surface area contributed by atoms with Gasteiger partial charge >= 0.3 is 0 Å². The van der Waals surface area contributed by atoms with E-state index in [9.17, 15) is 18.5 Å². The van der Waals surface area contributed by atoms with Crippen molar-refractivity contribution in [2.24, 2.45) is 0 Å². The summed E-state index contributed by atoms with van der Waals surface area (Å²) in [5, 5.41) is 9.71. The fourth-order valence-corrected chi connectivity index (χ4v) is 6.14. The van der Waals surface area contributed by atoms with Crippen molar-refractivity contribution in [2.45, 2.75) is 65.1 Å². The van der Waals surface area contributed by atoms with Crippen LogP contribution in [0.1, 0.15) is 49.6 Å². The van der Waals surface area contributed by atoms with Crippen molar-refractivity contribution in [3.8, 4) is 6.07 Å². The molecule has 3 rings (SSSR count). The van der Waals surface area contributed by atoms with E-state index in [1.165, 1.54) is 0 Å². The summed E-state index contributed by atoms with van der Waals surface area (Å²) < 4.78 is 31.7. The monoisotopic (exact) mass is 433 g/mol. The minimum Gasteiger partial charge on any atom is -0.376 e. The molecule has 0 saturated carbocycles. The maximum Gasteiger partial charge on any atom is 0.264 e. The molecule has 0 N–H and O–H groups in total. The maximum absolute atomic E-state index is 13.2. The molecular weight excluding hydrogens is 402 g/mol. The van der Waals surface area contributed by atoms with Crippen molar-refractivity contribution in [3.63, 3.8) is 0 Å². The SMILES string of the molecule is CCCN(C(=O)/C(C#N)=C/c1cc(C)n(CC2CCCO2)c1C)C1CCS(=O)(=O)C1. The zero-order valence-electron chi connectivity index (χ0n) is 18.1. The van der Waals surface area contributed by atoms with Crippen molar-refractivity contribution in [1.82, 2.24) is 9.47 Å². The Morgan fingerprint density at radius 1 is 1.40 bits per heavy atom. The number of aryl methyl sites for hydroxylation is 1. The van der Waals surface area contributed by atoms with Gasteiger partial charge in [0.15, 0.2) is 9.84 Å². The smallest absolute Gasteiger partial charge is 0.264 e. The number of nitriles is 1. The van der Waals surface area contributed by atoms with Crippen LogP contribution < -0.4 is 0 Å². The van der Waals surface area contributed by atoms with E-state index in [0.717, 1.165) is 42.9 Å². The van der Waals surface area contributed by atoms with E-state index in [0.29, 0.717) is 19.4 Å². The highest BCUT2D eigenvalue weighted by molar-refractivity contribution is 7.91. The average molecular weight is 434 g/mol. The standard InChI is InChI=1S/C22H31N3O4S/c1-4-8-24(20-7-10-30(27,28)15-20)22(26)19(13-23)12-18-11-16(2)25(17(18)3)14-21-6-5-9-29-21/h11-12,20-21H,4-10,14-15H2,1-3H3/b19-12+. The van der Waals surface area contributed by atoms with E-state index in [-0.39, 0.29) is 35.1 Å². The second-order valence-electron chi connectivity index (χ2n) is 8.30. The largest absolute Gasteiger partial charge is 0.376 e. The molecule has 2 atom stereocenters. The van der Waals surface area contributed by atoms with Crippen LogP contribution in [0.15, 0.2) is 11.6 Å². The first-order valence-electron chi connectivity index (χ1n) is 10.7. The van der Waals surface area contributed by atoms with Crippen LogP contribution in [0.5, 0.6) is 0 Å². The third-order valence-corrected chi connectivity index (χ3v) is 7.80. The summed E-state index contributed by atoms with van der Waals surface area (Å²) in [6.07, 6.45) is 5.10. The number of carbonyl (C=O) groups excluding carboxylic acids is 1. The van der Waals surface area contributed by atoms with Crippen LogP contribution in [-0.4, -0.2) is 60.6 Å². The molecule has 1 aromatic rings. The molecule has 0 aromatic carbocycles. The van der Waals surface area contributed by atoms with E-state index in [1.54, 1.807) is 11.0 Å². The molecule has 3 heterocycles. The Bertz CT molecular complexity index is 965. The molecule has 164 valence electrons. The lowest BCUT2D eigenvalue weighted by atomic mass is 10.1. The van der Waals surface area contributed by atoms with Crippen molar-refractivity contribution in [1.29, 1.82) is 5.26 Å². The zero-order chi connectivity index (χ0) is 21.9. The van der Waals surface area contributed by atoms with Gasteiger partial charge in [-0.05, 0) is 57.2 Å². The number of carbonyl (C=O) groups is 1. The number of amides is 1. The van der Waals surface area contributed by atoms with E-state index in [1.807, 2.05) is 32.9 Å². The highest BCUT2D eigenvalue weighted by Crippen LogP contribution is 2.24. The molecule has 2 aliphatic heterocycles. The molecule has 0 aliphatic carbocycles. The Hall–Kier alpha value is -2.11. The molecule has 30 heavy (non-hydrogen) atoms. The molecule has 0 radical (unpaired) electrons. The third kappa shape index (κ3) is 4.96. The van der Waals surface area contributed by atoms with Crippen molar-refractivity contribution in [3.05, 3.63) is 28.6 Å². The van der Waals surface area contributed by atoms with Crippen LogP contribution in [-0.2, 0) is 25.9 Å². The minimum atomic E-state index is -3.12. The van der Waals surface area contributed by atoms with E-state index in [4.69, 9.17) is 4.74 Å². The predicted octanol–water partition coefficient (Wildman–Crippen LogP) is 2.62. The minimum absolute atomic E-state index is 0.0205. The lowest BCUT2D eigenvalue weighted by Crippen LogP contribution is -2.42. The maximum atomic E-state index is 13.2. The summed E-state index contributed by atoms with van der Waals surface area (Å²) in [6.45, 7) is 7.95. The summed E-state index contributed by atoms with van der Waals surface area (Å²) in [4.78, 5) is 14.7. The summed E-state index contributed by atoms with van der Waals surface area (Å²) in [7, 11) is -3.12. The van der Waals surface area contributed by atoms with Gasteiger partial charge in [-0.3, -0.25) is 4.79 Å². The summed E-state index contributed by atoms with van der Waals surface area (Å²) in [5.41, 5.74) is 2.94. The number of hydrogen-bond donors (Lipinski definition) is 0. The van der Waals surface area contributed by atoms with Crippen LogP contribution in [0.25, 0.3) is 6.08 Å². The number of nitrogens with zero attached hydrogens (tertiary/aromatic N) is 3. The number of hydrogen-bond acceptors (Lipinski definition) is 5. The molecule has 0 spiro atoms. The second-order valence-corrected chi connectivity index (χ2v) is 10.5. The molecule has 2 aliphatic rings. The Morgan fingerprint density at radius 3 is 2.73 bits per heavy atom. The van der Waals surface area contributed by atoms with Gasteiger partial charge in [0.1, 0.15) is 11.6 Å². The molecule has 0 bridgehead atoms. The second kappa shape index (κ2) is 9.36. The third-order valence-electron chi connectivity index (χ3n) is 6.05. The van der Waals surface area contributed by atoms with Gasteiger partial charge in [0, 0.05) is 37.1 Å². The Labute approximate surface area is 179 Å². The summed E-state index contributed by atoms with van der Waals surface area (Å²) in [5.74, 6) is -0.306. The van der Waals surface area contributed by atoms with Gasteiger partial charge in [0.2, 0.25) is 0 Å². The lowest BCUT2D eigenvalue weighted by Gasteiger charge is -2.27. The Morgan fingerprint density at radius 2 is 2.17 bits per heavy atom. The molecule has 8 heteroatoms. The van der Waals surface area contributed by atoms with Gasteiger partial charge in [-0.2, -0.15) is 5.26 Å². The quantitative estimate of drug-likeness (QED) is 0.487. The lowest BCUT2D eigenvalue weighted by molar-refractivity contribution is -0.128. The Kier molecular flexibility index (Phi) is 7.04. The number of ether oxygens (including phenoxy) is 1. The number of sulfone groups is 1. The van der Waals surface area contributed by atoms with Gasteiger partial charge in [0.25, 0.3) is 5.91 Å². The van der Waals surface area contributed by atoms with Crippen LogP contribution in [0.2, 0.25) is 0 Å². The number of aromatic nitrogens is 1. The summed E-state index contributed by atoms with van der Waals surface area (Å²) in [6, 6.07) is 3.68. The van der Waals surface area contributed by atoms with Crippen LogP contribution >= 0.6 is 0 Å². The van der Waals surface area contributed by atoms with Crippen LogP contribution in [0, 0.1) is 25.2 Å². The predicted molar refractivity (Wildman–Crippen MR) is 116 cm³/mol. The normalized spacial score (nSPS) is 23.5. The van der Waals surface area contributed by atoms with Gasteiger partial charge in [0.05, 0.1) is 17.6 Å². The zero-order valence-corrected chi connectivity index (χ0v) is 18.9. The van der Waals surface area contributed by atoms with Gasteiger partial charge in [-0.25, -0.2) is 8.42 Å². The molecule has 2 fully saturated rings. The molecular formula is C22H31N3O4S. The van der Waals surface area contributed by atoms with Crippen molar-refractivity contribution < 1.29 is 17.9 Å². The van der Waals surface area contributed by atoms with Gasteiger partial charge in [-0.1, -0.05) is 6.92 Å². The topological polar surface area (TPSA) is 92.4 Å². The van der Waals surface area contributed by atoms with E-state index >= 15 is 0 Å². The first-order chi connectivity index (χ1) is 14.3. The van der Waals surface area contributed by atoms with Crippen molar-refractivity contribution in [2.75, 3.05) is 24.7 Å². The fraction of sp³-hybridized carbons (Fsp3) is 0.636. The van der Waals surface area contributed by atoms with Crippen LogP contribution in [0.4, 0.5) is 0 Å². The molecule has 2 saturated heterocycles. The molecule has 7 nitrogen and oxygen atoms in total. The Balaban J connectivity index is 1.85. The van der Waals surface area contributed by atoms with E-state index < -0.39 is 9.84 Å².